The lowest BCUT2D eigenvalue weighted by molar-refractivity contribution is 0.482. The van der Waals surface area contributed by atoms with Crippen molar-refractivity contribution in [2.45, 2.75) is 13.0 Å². The van der Waals surface area contributed by atoms with Crippen LogP contribution in [0.15, 0.2) is 22.8 Å². The van der Waals surface area contributed by atoms with E-state index in [1.165, 1.54) is 0 Å². The van der Waals surface area contributed by atoms with Gasteiger partial charge in [0.2, 0.25) is 0 Å². The lowest BCUT2D eigenvalue weighted by Gasteiger charge is -2.32. The van der Waals surface area contributed by atoms with Crippen LogP contribution in [0.1, 0.15) is 6.92 Å². The number of hydrogen-bond donors (Lipinski definition) is 1. The zero-order chi connectivity index (χ0) is 9.97. The van der Waals surface area contributed by atoms with Crippen LogP contribution in [-0.2, 0) is 0 Å². The molecule has 1 saturated heterocycles. The number of anilines is 1. The van der Waals surface area contributed by atoms with Crippen LogP contribution >= 0.6 is 15.9 Å². The number of nitrogens with one attached hydrogen (secondary N) is 1. The summed E-state index contributed by atoms with van der Waals surface area (Å²) >= 11 is 3.46. The number of halogens is 1. The molecular formula is C10H14BrN3. The summed E-state index contributed by atoms with van der Waals surface area (Å²) in [4.78, 5) is 6.68. The van der Waals surface area contributed by atoms with E-state index in [4.69, 9.17) is 0 Å². The van der Waals surface area contributed by atoms with Crippen LogP contribution in [0.5, 0.6) is 0 Å². The molecule has 4 heteroatoms. The van der Waals surface area contributed by atoms with Crippen LogP contribution in [0.3, 0.4) is 0 Å². The molecular weight excluding hydrogens is 242 g/mol. The van der Waals surface area contributed by atoms with Gasteiger partial charge in [-0.15, -0.1) is 0 Å². The average Bonchev–Trinajstić information content (AvgIpc) is 2.18. The number of aromatic nitrogens is 1. The predicted octanol–water partition coefficient (Wildman–Crippen LogP) is 1.64. The Morgan fingerprint density at radius 2 is 2.50 bits per heavy atom. The quantitative estimate of drug-likeness (QED) is 0.828. The monoisotopic (exact) mass is 255 g/mol. The van der Waals surface area contributed by atoms with Gasteiger partial charge in [-0.25, -0.2) is 4.98 Å². The van der Waals surface area contributed by atoms with Crippen LogP contribution in [-0.4, -0.2) is 30.7 Å². The van der Waals surface area contributed by atoms with Crippen molar-refractivity contribution in [1.29, 1.82) is 0 Å². The van der Waals surface area contributed by atoms with Crippen LogP contribution in [0.25, 0.3) is 0 Å². The van der Waals surface area contributed by atoms with Crippen LogP contribution < -0.4 is 10.2 Å². The van der Waals surface area contributed by atoms with E-state index in [0.717, 1.165) is 29.9 Å². The molecule has 0 radical (unpaired) electrons. The van der Waals surface area contributed by atoms with Crippen molar-refractivity contribution in [2.24, 2.45) is 0 Å². The zero-order valence-corrected chi connectivity index (χ0v) is 9.79. The molecule has 2 rings (SSSR count). The first kappa shape index (κ1) is 9.93. The van der Waals surface area contributed by atoms with Gasteiger partial charge >= 0.3 is 0 Å². The lowest BCUT2D eigenvalue weighted by Crippen LogP contribution is -2.49. The van der Waals surface area contributed by atoms with Gasteiger partial charge in [-0.3, -0.25) is 0 Å². The van der Waals surface area contributed by atoms with Crippen molar-refractivity contribution in [2.75, 3.05) is 24.5 Å². The van der Waals surface area contributed by atoms with Crippen molar-refractivity contribution < 1.29 is 0 Å². The first-order valence-electron chi connectivity index (χ1n) is 4.85. The van der Waals surface area contributed by atoms with Gasteiger partial charge < -0.3 is 10.2 Å². The van der Waals surface area contributed by atoms with Gasteiger partial charge in [0.1, 0.15) is 5.82 Å². The van der Waals surface area contributed by atoms with E-state index in [2.05, 4.69) is 44.1 Å². The number of hydrogen-bond acceptors (Lipinski definition) is 3. The molecule has 1 N–H and O–H groups in total. The smallest absolute Gasteiger partial charge is 0.129 e. The van der Waals surface area contributed by atoms with Gasteiger partial charge in [0.25, 0.3) is 0 Å². The normalized spacial score (nSPS) is 22.4. The molecule has 1 aromatic heterocycles. The minimum absolute atomic E-state index is 0.546. The summed E-state index contributed by atoms with van der Waals surface area (Å²) in [7, 11) is 0. The summed E-state index contributed by atoms with van der Waals surface area (Å²) in [6, 6.07) is 4.57. The van der Waals surface area contributed by atoms with Gasteiger partial charge in [-0.05, 0) is 19.1 Å². The molecule has 0 amide bonds. The van der Waals surface area contributed by atoms with Crippen LogP contribution in [0, 0.1) is 0 Å². The molecule has 0 bridgehead atoms. The highest BCUT2D eigenvalue weighted by molar-refractivity contribution is 9.10. The standard InChI is InChI=1S/C10H14BrN3/c1-8-7-14(5-4-12-8)10-6-9(11)2-3-13-10/h2-3,6,8,12H,4-5,7H2,1H3/t8-/m1/s1. The molecule has 14 heavy (non-hydrogen) atoms. The Morgan fingerprint density at radius 1 is 1.64 bits per heavy atom. The largest absolute Gasteiger partial charge is 0.354 e. The molecule has 0 aromatic carbocycles. The summed E-state index contributed by atoms with van der Waals surface area (Å²) in [5.41, 5.74) is 0. The molecule has 1 aliphatic heterocycles. The fourth-order valence-electron chi connectivity index (χ4n) is 1.71. The second-order valence-electron chi connectivity index (χ2n) is 3.63. The molecule has 3 nitrogen and oxygen atoms in total. The second kappa shape index (κ2) is 4.28. The van der Waals surface area contributed by atoms with Crippen LogP contribution in [0.2, 0.25) is 0 Å². The second-order valence-corrected chi connectivity index (χ2v) is 4.55. The third kappa shape index (κ3) is 2.25. The van der Waals surface area contributed by atoms with Crippen molar-refractivity contribution in [3.05, 3.63) is 22.8 Å². The van der Waals surface area contributed by atoms with Gasteiger partial charge in [0.15, 0.2) is 0 Å². The maximum absolute atomic E-state index is 4.37. The van der Waals surface area contributed by atoms with E-state index in [-0.39, 0.29) is 0 Å². The molecule has 1 fully saturated rings. The molecule has 1 aromatic rings. The van der Waals surface area contributed by atoms with E-state index in [0.29, 0.717) is 6.04 Å². The molecule has 1 aliphatic rings. The topological polar surface area (TPSA) is 28.2 Å². The van der Waals surface area contributed by atoms with E-state index in [1.807, 2.05) is 12.3 Å². The summed E-state index contributed by atoms with van der Waals surface area (Å²) in [5, 5.41) is 3.42. The Kier molecular flexibility index (Phi) is 3.03. The van der Waals surface area contributed by atoms with Crippen LogP contribution in [0.4, 0.5) is 5.82 Å². The number of piperazine rings is 1. The predicted molar refractivity (Wildman–Crippen MR) is 61.6 cm³/mol. The SMILES string of the molecule is C[C@@H]1CN(c2cc(Br)ccn2)CCN1. The van der Waals surface area contributed by atoms with Gasteiger partial charge in [0, 0.05) is 36.3 Å². The molecule has 0 unspecified atom stereocenters. The first-order valence-corrected chi connectivity index (χ1v) is 5.65. The van der Waals surface area contributed by atoms with Crippen molar-refractivity contribution in [1.82, 2.24) is 10.3 Å². The lowest BCUT2D eigenvalue weighted by atomic mass is 10.2. The molecule has 0 aliphatic carbocycles. The summed E-state index contributed by atoms with van der Waals surface area (Å²) in [6.07, 6.45) is 1.84. The maximum Gasteiger partial charge on any atom is 0.129 e. The van der Waals surface area contributed by atoms with Gasteiger partial charge in [-0.2, -0.15) is 0 Å². The summed E-state index contributed by atoms with van der Waals surface area (Å²) in [5.74, 6) is 1.06. The summed E-state index contributed by atoms with van der Waals surface area (Å²) < 4.78 is 1.09. The number of pyridine rings is 1. The zero-order valence-electron chi connectivity index (χ0n) is 8.20. The third-order valence-electron chi connectivity index (χ3n) is 2.40. The van der Waals surface area contributed by atoms with E-state index in [9.17, 15) is 0 Å². The van der Waals surface area contributed by atoms with Crippen molar-refractivity contribution in [3.8, 4) is 0 Å². The Bertz CT molecular complexity index is 316. The highest BCUT2D eigenvalue weighted by Gasteiger charge is 2.16. The molecule has 76 valence electrons. The molecule has 2 heterocycles. The summed E-state index contributed by atoms with van der Waals surface area (Å²) in [6.45, 7) is 5.30. The van der Waals surface area contributed by atoms with E-state index in [1.54, 1.807) is 0 Å². The highest BCUT2D eigenvalue weighted by atomic mass is 79.9. The minimum Gasteiger partial charge on any atom is -0.354 e. The molecule has 0 spiro atoms. The fourth-order valence-corrected chi connectivity index (χ4v) is 2.03. The first-order chi connectivity index (χ1) is 6.75. The Hall–Kier alpha value is -0.610. The number of rotatable bonds is 1. The molecule has 1 atom stereocenters. The van der Waals surface area contributed by atoms with E-state index >= 15 is 0 Å². The van der Waals surface area contributed by atoms with Gasteiger partial charge in [-0.1, -0.05) is 15.9 Å². The highest BCUT2D eigenvalue weighted by Crippen LogP contribution is 2.17. The maximum atomic E-state index is 4.37. The minimum atomic E-state index is 0.546. The Labute approximate surface area is 92.6 Å². The number of nitrogens with zero attached hydrogens (tertiary/aromatic N) is 2. The Morgan fingerprint density at radius 3 is 3.21 bits per heavy atom. The average molecular weight is 256 g/mol. The van der Waals surface area contributed by atoms with Crippen molar-refractivity contribution in [3.63, 3.8) is 0 Å². The van der Waals surface area contributed by atoms with Crippen molar-refractivity contribution >= 4 is 21.7 Å². The Balaban J connectivity index is 2.14. The van der Waals surface area contributed by atoms with Gasteiger partial charge in [0.05, 0.1) is 0 Å². The molecule has 0 saturated carbocycles. The van der Waals surface area contributed by atoms with E-state index < -0.39 is 0 Å². The fraction of sp³-hybridized carbons (Fsp3) is 0.500. The third-order valence-corrected chi connectivity index (χ3v) is 2.89.